The maximum Gasteiger partial charge on any atom is 0.271 e. The van der Waals surface area contributed by atoms with Crippen molar-refractivity contribution in [1.29, 1.82) is 0 Å². The lowest BCUT2D eigenvalue weighted by molar-refractivity contribution is 0.0846. The van der Waals surface area contributed by atoms with Crippen LogP contribution in [-0.2, 0) is 0 Å². The molecule has 6 heteroatoms. The maximum absolute atomic E-state index is 12.1. The summed E-state index contributed by atoms with van der Waals surface area (Å²) in [5, 5.41) is 0.313. The molecule has 0 bridgehead atoms. The highest BCUT2D eigenvalue weighted by Crippen LogP contribution is 2.15. The molecule has 0 unspecified atom stereocenters. The van der Waals surface area contributed by atoms with E-state index < -0.39 is 11.8 Å². The van der Waals surface area contributed by atoms with Crippen molar-refractivity contribution in [2.24, 2.45) is 5.92 Å². The van der Waals surface area contributed by atoms with Crippen LogP contribution in [0.3, 0.4) is 0 Å². The van der Waals surface area contributed by atoms with E-state index in [1.165, 1.54) is 0 Å². The van der Waals surface area contributed by atoms with E-state index in [-0.39, 0.29) is 5.56 Å². The number of rotatable bonds is 5. The molecule has 0 atom stereocenters. The van der Waals surface area contributed by atoms with Gasteiger partial charge in [0.05, 0.1) is 17.2 Å². The van der Waals surface area contributed by atoms with Crippen molar-refractivity contribution >= 4 is 23.4 Å². The molecule has 5 nitrogen and oxygen atoms in total. The summed E-state index contributed by atoms with van der Waals surface area (Å²) >= 11 is 5.94. The van der Waals surface area contributed by atoms with Gasteiger partial charge in [-0.15, -0.1) is 0 Å². The largest absolute Gasteiger partial charge is 0.493 e. The van der Waals surface area contributed by atoms with Crippen molar-refractivity contribution in [2.75, 3.05) is 6.61 Å². The van der Waals surface area contributed by atoms with Crippen molar-refractivity contribution in [3.8, 4) is 5.75 Å². The highest BCUT2D eigenvalue weighted by atomic mass is 35.5. The van der Waals surface area contributed by atoms with Gasteiger partial charge >= 0.3 is 0 Å². The molecular formula is C18H19ClN2O3. The van der Waals surface area contributed by atoms with Crippen molar-refractivity contribution in [1.82, 2.24) is 10.9 Å². The lowest BCUT2D eigenvalue weighted by atomic mass is 10.2. The molecule has 0 heterocycles. The topological polar surface area (TPSA) is 67.4 Å². The number of hydrogen-bond donors (Lipinski definition) is 2. The van der Waals surface area contributed by atoms with Gasteiger partial charge < -0.3 is 4.74 Å². The van der Waals surface area contributed by atoms with Crippen molar-refractivity contribution in [3.05, 3.63) is 64.7 Å². The average molecular weight is 347 g/mol. The molecule has 126 valence electrons. The number of benzene rings is 2. The van der Waals surface area contributed by atoms with Crippen LogP contribution in [-0.4, -0.2) is 18.4 Å². The zero-order valence-electron chi connectivity index (χ0n) is 13.5. The second kappa shape index (κ2) is 8.36. The number of carbonyl (C=O) groups is 2. The molecule has 0 aliphatic heterocycles. The van der Waals surface area contributed by atoms with Crippen LogP contribution in [0.25, 0.3) is 0 Å². The Balaban J connectivity index is 1.96. The van der Waals surface area contributed by atoms with Crippen LogP contribution < -0.4 is 15.6 Å². The van der Waals surface area contributed by atoms with Crippen LogP contribution >= 0.6 is 11.6 Å². The molecule has 2 aromatic carbocycles. The first kappa shape index (κ1) is 17.8. The van der Waals surface area contributed by atoms with E-state index in [0.717, 1.165) is 0 Å². The molecule has 2 aromatic rings. The van der Waals surface area contributed by atoms with E-state index in [1.807, 2.05) is 13.8 Å². The molecule has 2 N–H and O–H groups in total. The first-order valence-corrected chi connectivity index (χ1v) is 7.93. The molecule has 2 amide bonds. The summed E-state index contributed by atoms with van der Waals surface area (Å²) in [5.74, 6) is 0.0673. The lowest BCUT2D eigenvalue weighted by Gasteiger charge is -2.11. The Morgan fingerprint density at radius 1 is 1.04 bits per heavy atom. The fourth-order valence-corrected chi connectivity index (χ4v) is 2.11. The first-order chi connectivity index (χ1) is 11.5. The van der Waals surface area contributed by atoms with Crippen molar-refractivity contribution in [3.63, 3.8) is 0 Å². The SMILES string of the molecule is CC(C)COc1cccc(C(=O)NNC(=O)c2ccccc2Cl)c1. The Hall–Kier alpha value is -2.53. The molecule has 2 rings (SSSR count). The monoisotopic (exact) mass is 346 g/mol. The third-order valence-corrected chi connectivity index (χ3v) is 3.42. The molecule has 0 saturated heterocycles. The van der Waals surface area contributed by atoms with E-state index in [9.17, 15) is 9.59 Å². The summed E-state index contributed by atoms with van der Waals surface area (Å²) in [4.78, 5) is 24.2. The molecule has 0 saturated carbocycles. The standard InChI is InChI=1S/C18H19ClN2O3/c1-12(2)11-24-14-7-5-6-13(10-14)17(22)20-21-18(23)15-8-3-4-9-16(15)19/h3-10,12H,11H2,1-2H3,(H,20,22)(H,21,23). The van der Waals surface area contributed by atoms with Gasteiger partial charge in [0.25, 0.3) is 11.8 Å². The molecule has 0 spiro atoms. The Labute approximate surface area is 145 Å². The number of halogens is 1. The normalized spacial score (nSPS) is 10.3. The summed E-state index contributed by atoms with van der Waals surface area (Å²) < 4.78 is 5.58. The van der Waals surface area contributed by atoms with E-state index in [2.05, 4.69) is 10.9 Å². The zero-order valence-corrected chi connectivity index (χ0v) is 14.3. The minimum Gasteiger partial charge on any atom is -0.493 e. The van der Waals surface area contributed by atoms with E-state index in [1.54, 1.807) is 48.5 Å². The number of amides is 2. The van der Waals surface area contributed by atoms with Gasteiger partial charge in [-0.25, -0.2) is 0 Å². The van der Waals surface area contributed by atoms with Gasteiger partial charge in [-0.05, 0) is 36.2 Å². The predicted molar refractivity (Wildman–Crippen MR) is 93.2 cm³/mol. The van der Waals surface area contributed by atoms with Crippen LogP contribution in [0.1, 0.15) is 34.6 Å². The Bertz CT molecular complexity index is 732. The van der Waals surface area contributed by atoms with Crippen LogP contribution in [0.5, 0.6) is 5.75 Å². The lowest BCUT2D eigenvalue weighted by Crippen LogP contribution is -2.41. The molecule has 0 radical (unpaired) electrons. The summed E-state index contributed by atoms with van der Waals surface area (Å²) in [7, 11) is 0. The molecule has 0 aliphatic carbocycles. The Morgan fingerprint density at radius 3 is 2.46 bits per heavy atom. The second-order valence-corrected chi connectivity index (χ2v) is 6.03. The van der Waals surface area contributed by atoms with Crippen LogP contribution in [0.2, 0.25) is 5.02 Å². The summed E-state index contributed by atoms with van der Waals surface area (Å²) in [6.45, 7) is 4.65. The van der Waals surface area contributed by atoms with Gasteiger partial charge in [0.2, 0.25) is 0 Å². The average Bonchev–Trinajstić information content (AvgIpc) is 2.58. The van der Waals surface area contributed by atoms with Gasteiger partial charge in [0.15, 0.2) is 0 Å². The smallest absolute Gasteiger partial charge is 0.271 e. The highest BCUT2D eigenvalue weighted by molar-refractivity contribution is 6.33. The second-order valence-electron chi connectivity index (χ2n) is 5.62. The molecule has 0 fully saturated rings. The number of hydrazine groups is 1. The van der Waals surface area contributed by atoms with Crippen molar-refractivity contribution in [2.45, 2.75) is 13.8 Å². The van der Waals surface area contributed by atoms with E-state index in [4.69, 9.17) is 16.3 Å². The number of carbonyl (C=O) groups excluding carboxylic acids is 2. The minimum atomic E-state index is -0.485. The van der Waals surface area contributed by atoms with Crippen LogP contribution in [0, 0.1) is 5.92 Å². The Morgan fingerprint density at radius 2 is 1.75 bits per heavy atom. The van der Waals surface area contributed by atoms with Crippen molar-refractivity contribution < 1.29 is 14.3 Å². The quantitative estimate of drug-likeness (QED) is 0.815. The number of ether oxygens (including phenoxy) is 1. The third-order valence-electron chi connectivity index (χ3n) is 3.09. The zero-order chi connectivity index (χ0) is 17.5. The highest BCUT2D eigenvalue weighted by Gasteiger charge is 2.12. The molecule has 24 heavy (non-hydrogen) atoms. The van der Waals surface area contributed by atoms with E-state index in [0.29, 0.717) is 28.9 Å². The molecule has 0 aliphatic rings. The van der Waals surface area contributed by atoms with Gasteiger partial charge in [-0.3, -0.25) is 20.4 Å². The number of hydrogen-bond acceptors (Lipinski definition) is 3. The molecule has 0 aromatic heterocycles. The fourth-order valence-electron chi connectivity index (χ4n) is 1.89. The maximum atomic E-state index is 12.1. The van der Waals surface area contributed by atoms with Gasteiger partial charge in [0, 0.05) is 5.56 Å². The summed E-state index contributed by atoms with van der Waals surface area (Å²) in [6, 6.07) is 13.4. The van der Waals surface area contributed by atoms with Gasteiger partial charge in [-0.1, -0.05) is 43.6 Å². The summed E-state index contributed by atoms with van der Waals surface area (Å²) in [6.07, 6.45) is 0. The molecular weight excluding hydrogens is 328 g/mol. The van der Waals surface area contributed by atoms with Gasteiger partial charge in [-0.2, -0.15) is 0 Å². The predicted octanol–water partition coefficient (Wildman–Crippen LogP) is 3.45. The van der Waals surface area contributed by atoms with Gasteiger partial charge in [0.1, 0.15) is 5.75 Å². The summed E-state index contributed by atoms with van der Waals surface area (Å²) in [5.41, 5.74) is 5.38. The first-order valence-electron chi connectivity index (χ1n) is 7.55. The van der Waals surface area contributed by atoms with E-state index >= 15 is 0 Å². The number of nitrogens with one attached hydrogen (secondary N) is 2. The van der Waals surface area contributed by atoms with Crippen LogP contribution in [0.4, 0.5) is 0 Å². The third kappa shape index (κ3) is 4.99. The Kier molecular flexibility index (Phi) is 6.21. The fraction of sp³-hybridized carbons (Fsp3) is 0.222. The van der Waals surface area contributed by atoms with Crippen LogP contribution in [0.15, 0.2) is 48.5 Å². The minimum absolute atomic E-state index is 0.286.